The zero-order valence-electron chi connectivity index (χ0n) is 35.2. The van der Waals surface area contributed by atoms with Crippen LogP contribution in [0, 0.1) is 0 Å². The first-order chi connectivity index (χ1) is 25.4. The minimum atomic E-state index is -0.364. The van der Waals surface area contributed by atoms with Gasteiger partial charge in [0, 0.05) is 37.8 Å². The molecule has 3 unspecified atom stereocenters. The molecule has 2 heterocycles. The number of hydrogen-bond donors (Lipinski definition) is 0. The summed E-state index contributed by atoms with van der Waals surface area (Å²) in [6.07, 6.45) is 49.2. The molecule has 2 rings (SSSR count). The molecule has 0 amide bonds. The third kappa shape index (κ3) is 21.2. The van der Waals surface area contributed by atoms with E-state index in [0.29, 0.717) is 6.04 Å². The Morgan fingerprint density at radius 2 is 1.29 bits per heavy atom. The van der Waals surface area contributed by atoms with Crippen LogP contribution in [0.5, 0.6) is 0 Å². The molecule has 1 saturated heterocycles. The van der Waals surface area contributed by atoms with Crippen LogP contribution in [-0.2, 0) is 14.9 Å². The molecule has 1 aromatic heterocycles. The van der Waals surface area contributed by atoms with Gasteiger partial charge in [0.05, 0.1) is 12.7 Å². The van der Waals surface area contributed by atoms with E-state index in [1.165, 1.54) is 121 Å². The summed E-state index contributed by atoms with van der Waals surface area (Å²) in [7, 11) is 2.31. The fraction of sp³-hybridized carbons (Fsp3) is 0.771. The Morgan fingerprint density at radius 1 is 0.750 bits per heavy atom. The molecule has 4 nitrogen and oxygen atoms in total. The molecule has 0 radical (unpaired) electrons. The maximum Gasteiger partial charge on any atom is 0.168 e. The largest absolute Gasteiger partial charge is 0.347 e. The van der Waals surface area contributed by atoms with E-state index in [-0.39, 0.29) is 17.3 Å². The summed E-state index contributed by atoms with van der Waals surface area (Å²) in [6.45, 7) is 13.4. The lowest BCUT2D eigenvalue weighted by Gasteiger charge is -2.35. The van der Waals surface area contributed by atoms with Crippen molar-refractivity contribution >= 4 is 0 Å². The van der Waals surface area contributed by atoms with Crippen LogP contribution in [0.4, 0.5) is 0 Å². The van der Waals surface area contributed by atoms with Gasteiger partial charge in [-0.15, -0.1) is 0 Å². The van der Waals surface area contributed by atoms with E-state index >= 15 is 0 Å². The summed E-state index contributed by atoms with van der Waals surface area (Å²) in [4.78, 5) is 6.82. The Morgan fingerprint density at radius 3 is 1.85 bits per heavy atom. The van der Waals surface area contributed by atoms with Crippen molar-refractivity contribution in [2.24, 2.45) is 0 Å². The lowest BCUT2D eigenvalue weighted by molar-refractivity contribution is -0.180. The summed E-state index contributed by atoms with van der Waals surface area (Å²) in [5.41, 5.74) is 1.49. The average molecular weight is 721 g/mol. The van der Waals surface area contributed by atoms with E-state index in [1.807, 2.05) is 12.4 Å². The summed E-state index contributed by atoms with van der Waals surface area (Å²) in [5, 5.41) is 0. The highest BCUT2D eigenvalue weighted by Crippen LogP contribution is 2.36. The minimum Gasteiger partial charge on any atom is -0.347 e. The lowest BCUT2D eigenvalue weighted by atomic mass is 9.78. The van der Waals surface area contributed by atoms with Crippen LogP contribution in [0.3, 0.4) is 0 Å². The van der Waals surface area contributed by atoms with Crippen molar-refractivity contribution in [3.8, 4) is 0 Å². The molecule has 1 fully saturated rings. The number of allylic oxidation sites excluding steroid dienone is 6. The van der Waals surface area contributed by atoms with Gasteiger partial charge < -0.3 is 14.4 Å². The predicted octanol–water partition coefficient (Wildman–Crippen LogP) is 14.3. The van der Waals surface area contributed by atoms with Crippen LogP contribution >= 0.6 is 0 Å². The molecule has 298 valence electrons. The molecule has 4 heteroatoms. The maximum atomic E-state index is 6.91. The van der Waals surface area contributed by atoms with Crippen molar-refractivity contribution < 1.29 is 9.47 Å². The number of hydrogen-bond acceptors (Lipinski definition) is 4. The van der Waals surface area contributed by atoms with Crippen molar-refractivity contribution in [1.29, 1.82) is 0 Å². The van der Waals surface area contributed by atoms with E-state index in [2.05, 4.69) is 100 Å². The molecular formula is C48H84N2O2. The van der Waals surface area contributed by atoms with Crippen LogP contribution in [0.2, 0.25) is 0 Å². The average Bonchev–Trinajstić information content (AvgIpc) is 3.56. The van der Waals surface area contributed by atoms with Crippen molar-refractivity contribution in [3.63, 3.8) is 0 Å². The number of nitrogens with zero attached hydrogens (tertiary/aromatic N) is 2. The highest BCUT2D eigenvalue weighted by Gasteiger charge is 2.40. The van der Waals surface area contributed by atoms with Gasteiger partial charge in [0.2, 0.25) is 0 Å². The quantitative estimate of drug-likeness (QED) is 0.0535. The first-order valence-electron chi connectivity index (χ1n) is 22.2. The highest BCUT2D eigenvalue weighted by atomic mass is 16.7. The second kappa shape index (κ2) is 29.6. The molecule has 0 saturated carbocycles. The molecule has 0 spiro atoms. The number of pyridine rings is 1. The smallest absolute Gasteiger partial charge is 0.168 e. The van der Waals surface area contributed by atoms with Crippen LogP contribution < -0.4 is 0 Å². The molecule has 1 aliphatic heterocycles. The van der Waals surface area contributed by atoms with E-state index in [1.54, 1.807) is 0 Å². The molecule has 0 aliphatic carbocycles. The second-order valence-corrected chi connectivity index (χ2v) is 16.5. The molecular weight excluding hydrogens is 637 g/mol. The molecule has 0 bridgehead atoms. The predicted molar refractivity (Wildman–Crippen MR) is 227 cm³/mol. The second-order valence-electron chi connectivity index (χ2n) is 16.5. The normalized spacial score (nSPS) is 18.9. The Bertz CT molecular complexity index is 1050. The van der Waals surface area contributed by atoms with Gasteiger partial charge in [-0.2, -0.15) is 0 Å². The van der Waals surface area contributed by atoms with Gasteiger partial charge in [0.15, 0.2) is 5.79 Å². The van der Waals surface area contributed by atoms with E-state index in [4.69, 9.17) is 9.47 Å². The zero-order valence-corrected chi connectivity index (χ0v) is 35.2. The van der Waals surface area contributed by atoms with Crippen molar-refractivity contribution in [1.82, 2.24) is 9.88 Å². The van der Waals surface area contributed by atoms with Crippen LogP contribution in [0.15, 0.2) is 61.0 Å². The van der Waals surface area contributed by atoms with Crippen LogP contribution in [0.25, 0.3) is 0 Å². The standard InChI is InChI=1S/C48H84N2O2/c1-7-10-12-14-16-18-20-21-22-23-24-25-27-29-31-33-38-48(37-32-30-28-26-19-17-15-13-11-8-2)51-43-46(52-48)36-41-50(6)45(9-3)42-47(4,5)44-34-39-49-40-35-44/h11,13,16,18,21-22,34-35,39-40,45-46H,7-10,12,14-15,17,19-20,23-33,36-38,41-43H2,1-6H3/b13-11-,18-16-,22-21-. The number of ether oxygens (including phenoxy) is 2. The maximum absolute atomic E-state index is 6.91. The third-order valence-electron chi connectivity index (χ3n) is 11.4. The van der Waals surface area contributed by atoms with Gasteiger partial charge >= 0.3 is 0 Å². The molecule has 1 aromatic rings. The van der Waals surface area contributed by atoms with Gasteiger partial charge in [-0.1, -0.05) is 135 Å². The van der Waals surface area contributed by atoms with E-state index in [0.717, 1.165) is 58.1 Å². The number of unbranched alkanes of at least 4 members (excludes halogenated alkanes) is 15. The van der Waals surface area contributed by atoms with Crippen molar-refractivity contribution in [2.75, 3.05) is 20.2 Å². The monoisotopic (exact) mass is 721 g/mol. The fourth-order valence-electron chi connectivity index (χ4n) is 7.83. The summed E-state index contributed by atoms with van der Waals surface area (Å²) >= 11 is 0. The molecule has 0 aromatic carbocycles. The highest BCUT2D eigenvalue weighted by molar-refractivity contribution is 5.20. The molecule has 52 heavy (non-hydrogen) atoms. The van der Waals surface area contributed by atoms with Gasteiger partial charge in [0.25, 0.3) is 0 Å². The first-order valence-corrected chi connectivity index (χ1v) is 22.2. The first kappa shape index (κ1) is 46.4. The number of rotatable bonds is 33. The van der Waals surface area contributed by atoms with E-state index in [9.17, 15) is 0 Å². The van der Waals surface area contributed by atoms with Crippen molar-refractivity contribution in [3.05, 3.63) is 66.5 Å². The van der Waals surface area contributed by atoms with Gasteiger partial charge in [-0.05, 0) is 114 Å². The van der Waals surface area contributed by atoms with Gasteiger partial charge in [-0.25, -0.2) is 0 Å². The molecule has 3 atom stereocenters. The van der Waals surface area contributed by atoms with E-state index < -0.39 is 0 Å². The van der Waals surface area contributed by atoms with Crippen LogP contribution in [-0.4, -0.2) is 48.0 Å². The Hall–Kier alpha value is -1.75. The lowest BCUT2D eigenvalue weighted by Crippen LogP contribution is -2.38. The number of aromatic nitrogens is 1. The fourth-order valence-corrected chi connectivity index (χ4v) is 7.83. The summed E-state index contributed by atoms with van der Waals surface area (Å²) in [6, 6.07) is 4.89. The SMILES string of the molecule is CC/C=C\CCCCCCCCC1(CCCCCCCC/C=C\C/C=C\CCCCC)OCC(CCN(C)C(CC)CC(C)(C)c2ccncc2)O1. The molecule has 1 aliphatic rings. The Balaban J connectivity index is 1.75. The topological polar surface area (TPSA) is 34.6 Å². The van der Waals surface area contributed by atoms with Gasteiger partial charge in [-0.3, -0.25) is 4.98 Å². The van der Waals surface area contributed by atoms with Gasteiger partial charge in [0.1, 0.15) is 0 Å². The minimum absolute atomic E-state index is 0.119. The zero-order chi connectivity index (χ0) is 37.6. The van der Waals surface area contributed by atoms with Crippen molar-refractivity contribution in [2.45, 2.75) is 218 Å². The summed E-state index contributed by atoms with van der Waals surface area (Å²) < 4.78 is 13.6. The summed E-state index contributed by atoms with van der Waals surface area (Å²) in [5.74, 6) is -0.364. The van der Waals surface area contributed by atoms with Crippen LogP contribution in [0.1, 0.15) is 201 Å². The Kier molecular flexibility index (Phi) is 26.4. The third-order valence-corrected chi connectivity index (χ3v) is 11.4. The molecule has 0 N–H and O–H groups in total. The Labute approximate surface area is 323 Å².